The fourth-order valence-electron chi connectivity index (χ4n) is 3.17. The first-order valence-corrected chi connectivity index (χ1v) is 8.19. The lowest BCUT2D eigenvalue weighted by molar-refractivity contribution is 0.0779. The van der Waals surface area contributed by atoms with Crippen LogP contribution in [0.1, 0.15) is 24.8 Å². The number of nitrogens with two attached hydrogens (primary N) is 1. The van der Waals surface area contributed by atoms with E-state index < -0.39 is 0 Å². The highest BCUT2D eigenvalue weighted by molar-refractivity contribution is 5.69. The highest BCUT2D eigenvalue weighted by atomic mass is 16.6. The average Bonchev–Trinajstić information content (AvgIpc) is 3.26. The van der Waals surface area contributed by atoms with Gasteiger partial charge >= 0.3 is 6.09 Å². The molecule has 1 aromatic rings. The maximum Gasteiger partial charge on any atom is 0.410 e. The molecule has 1 aliphatic carbocycles. The van der Waals surface area contributed by atoms with Gasteiger partial charge in [-0.1, -0.05) is 30.3 Å². The summed E-state index contributed by atoms with van der Waals surface area (Å²) >= 11 is 0. The lowest BCUT2D eigenvalue weighted by Gasteiger charge is -2.28. The minimum Gasteiger partial charge on any atom is -0.445 e. The smallest absolute Gasteiger partial charge is 0.410 e. The number of ether oxygens (including phenoxy) is 1. The van der Waals surface area contributed by atoms with E-state index in [2.05, 4.69) is 4.90 Å². The molecule has 120 valence electrons. The summed E-state index contributed by atoms with van der Waals surface area (Å²) in [4.78, 5) is 16.8. The first-order chi connectivity index (χ1) is 10.8. The van der Waals surface area contributed by atoms with Gasteiger partial charge in [-0.2, -0.15) is 0 Å². The van der Waals surface area contributed by atoms with Crippen molar-refractivity contribution in [2.45, 2.75) is 38.0 Å². The third-order valence-corrected chi connectivity index (χ3v) is 4.44. The van der Waals surface area contributed by atoms with Gasteiger partial charge in [0.2, 0.25) is 0 Å². The molecular weight excluding hydrogens is 278 g/mol. The van der Waals surface area contributed by atoms with Crippen LogP contribution in [0.4, 0.5) is 4.79 Å². The lowest BCUT2D eigenvalue weighted by Crippen LogP contribution is -2.44. The standard InChI is InChI=1S/C17H25N3O2/c18-9-11-19-10-8-16(12-19)20(15-6-7-15)17(21)22-13-14-4-2-1-3-5-14/h1-5,15-16H,6-13,18H2/t16-/m0/s1. The summed E-state index contributed by atoms with van der Waals surface area (Å²) < 4.78 is 5.54. The van der Waals surface area contributed by atoms with Crippen molar-refractivity contribution >= 4 is 6.09 Å². The van der Waals surface area contributed by atoms with E-state index in [0.717, 1.165) is 44.5 Å². The van der Waals surface area contributed by atoms with E-state index >= 15 is 0 Å². The molecule has 3 rings (SSSR count). The molecule has 1 amide bonds. The highest BCUT2D eigenvalue weighted by Crippen LogP contribution is 2.32. The molecule has 2 aliphatic rings. The van der Waals surface area contributed by atoms with Crippen molar-refractivity contribution in [2.24, 2.45) is 5.73 Å². The predicted octanol–water partition coefficient (Wildman–Crippen LogP) is 1.82. The molecule has 22 heavy (non-hydrogen) atoms. The minimum absolute atomic E-state index is 0.161. The van der Waals surface area contributed by atoms with Crippen LogP contribution in [-0.2, 0) is 11.3 Å². The van der Waals surface area contributed by atoms with Crippen molar-refractivity contribution in [1.29, 1.82) is 0 Å². The molecule has 2 fully saturated rings. The Hall–Kier alpha value is -1.59. The van der Waals surface area contributed by atoms with Crippen LogP contribution < -0.4 is 5.73 Å². The van der Waals surface area contributed by atoms with E-state index in [4.69, 9.17) is 10.5 Å². The van der Waals surface area contributed by atoms with Crippen molar-refractivity contribution in [3.8, 4) is 0 Å². The molecule has 1 atom stereocenters. The van der Waals surface area contributed by atoms with E-state index in [-0.39, 0.29) is 12.1 Å². The number of rotatable bonds is 6. The summed E-state index contributed by atoms with van der Waals surface area (Å²) in [5, 5.41) is 0. The van der Waals surface area contributed by atoms with Crippen LogP contribution in [0.15, 0.2) is 30.3 Å². The second kappa shape index (κ2) is 7.11. The van der Waals surface area contributed by atoms with Crippen molar-refractivity contribution < 1.29 is 9.53 Å². The van der Waals surface area contributed by atoms with Gasteiger partial charge in [0.05, 0.1) is 0 Å². The zero-order valence-corrected chi connectivity index (χ0v) is 13.0. The number of amides is 1. The molecule has 1 saturated heterocycles. The van der Waals surface area contributed by atoms with Crippen LogP contribution in [0.25, 0.3) is 0 Å². The highest BCUT2D eigenvalue weighted by Gasteiger charge is 2.40. The number of nitrogens with zero attached hydrogens (tertiary/aromatic N) is 2. The predicted molar refractivity (Wildman–Crippen MR) is 85.4 cm³/mol. The van der Waals surface area contributed by atoms with E-state index in [1.807, 2.05) is 35.2 Å². The Morgan fingerprint density at radius 2 is 2.00 bits per heavy atom. The molecule has 1 saturated carbocycles. The molecule has 0 unspecified atom stereocenters. The Bertz CT molecular complexity index is 490. The van der Waals surface area contributed by atoms with E-state index in [9.17, 15) is 4.79 Å². The maximum atomic E-state index is 12.5. The summed E-state index contributed by atoms with van der Waals surface area (Å²) in [7, 11) is 0. The third-order valence-electron chi connectivity index (χ3n) is 4.44. The van der Waals surface area contributed by atoms with Crippen LogP contribution in [0.3, 0.4) is 0 Å². The first-order valence-electron chi connectivity index (χ1n) is 8.19. The number of carbonyl (C=O) groups is 1. The van der Waals surface area contributed by atoms with Crippen molar-refractivity contribution in [3.63, 3.8) is 0 Å². The van der Waals surface area contributed by atoms with Crippen LogP contribution in [0.5, 0.6) is 0 Å². The summed E-state index contributed by atoms with van der Waals surface area (Å²) in [6, 6.07) is 10.5. The largest absolute Gasteiger partial charge is 0.445 e. The Kier molecular flexibility index (Phi) is 4.95. The number of carbonyl (C=O) groups excluding carboxylic acids is 1. The van der Waals surface area contributed by atoms with E-state index in [1.54, 1.807) is 0 Å². The summed E-state index contributed by atoms with van der Waals surface area (Å²) in [5.41, 5.74) is 6.66. The van der Waals surface area contributed by atoms with E-state index in [1.165, 1.54) is 0 Å². The zero-order chi connectivity index (χ0) is 15.4. The molecule has 5 heteroatoms. The summed E-state index contributed by atoms with van der Waals surface area (Å²) in [6.07, 6.45) is 3.07. The van der Waals surface area contributed by atoms with Gasteiger partial charge in [0.15, 0.2) is 0 Å². The maximum absolute atomic E-state index is 12.5. The van der Waals surface area contributed by atoms with Crippen molar-refractivity contribution in [1.82, 2.24) is 9.80 Å². The second-order valence-corrected chi connectivity index (χ2v) is 6.21. The van der Waals surface area contributed by atoms with Gasteiger partial charge in [0.25, 0.3) is 0 Å². The number of hydrogen-bond acceptors (Lipinski definition) is 4. The molecule has 1 aliphatic heterocycles. The van der Waals surface area contributed by atoms with Crippen molar-refractivity contribution in [2.75, 3.05) is 26.2 Å². The molecule has 0 bridgehead atoms. The first kappa shape index (κ1) is 15.3. The topological polar surface area (TPSA) is 58.8 Å². The molecular formula is C17H25N3O2. The SMILES string of the molecule is NCCN1CC[C@H](N(C(=O)OCc2ccccc2)C2CC2)C1. The second-order valence-electron chi connectivity index (χ2n) is 6.21. The normalized spacial score (nSPS) is 21.8. The molecule has 0 aromatic heterocycles. The van der Waals surface area contributed by atoms with Crippen LogP contribution in [-0.4, -0.2) is 54.2 Å². The summed E-state index contributed by atoms with van der Waals surface area (Å²) in [6.45, 7) is 3.88. The Balaban J connectivity index is 1.56. The van der Waals surface area contributed by atoms with Gasteiger partial charge in [0, 0.05) is 38.3 Å². The molecule has 5 nitrogen and oxygen atoms in total. The van der Waals surface area contributed by atoms with E-state index in [0.29, 0.717) is 19.2 Å². The zero-order valence-electron chi connectivity index (χ0n) is 13.0. The Labute approximate surface area is 132 Å². The number of hydrogen-bond donors (Lipinski definition) is 1. The number of benzene rings is 1. The van der Waals surface area contributed by atoms with Gasteiger partial charge in [-0.3, -0.25) is 4.90 Å². The average molecular weight is 303 g/mol. The lowest BCUT2D eigenvalue weighted by atomic mass is 10.2. The van der Waals surface area contributed by atoms with Crippen LogP contribution in [0, 0.1) is 0 Å². The van der Waals surface area contributed by atoms with Crippen LogP contribution in [0.2, 0.25) is 0 Å². The van der Waals surface area contributed by atoms with Gasteiger partial charge in [-0.05, 0) is 24.8 Å². The Morgan fingerprint density at radius 1 is 1.23 bits per heavy atom. The molecule has 0 radical (unpaired) electrons. The summed E-state index contributed by atoms with van der Waals surface area (Å²) in [5.74, 6) is 0. The number of likely N-dealkylation sites (tertiary alicyclic amines) is 1. The molecule has 1 aromatic carbocycles. The Morgan fingerprint density at radius 3 is 2.68 bits per heavy atom. The van der Waals surface area contributed by atoms with Crippen molar-refractivity contribution in [3.05, 3.63) is 35.9 Å². The fourth-order valence-corrected chi connectivity index (χ4v) is 3.17. The van der Waals surface area contributed by atoms with Crippen LogP contribution >= 0.6 is 0 Å². The van der Waals surface area contributed by atoms with Gasteiger partial charge in [-0.15, -0.1) is 0 Å². The third kappa shape index (κ3) is 3.78. The molecule has 0 spiro atoms. The molecule has 2 N–H and O–H groups in total. The van der Waals surface area contributed by atoms with Gasteiger partial charge in [0.1, 0.15) is 6.61 Å². The van der Waals surface area contributed by atoms with Gasteiger partial charge in [-0.25, -0.2) is 4.79 Å². The monoisotopic (exact) mass is 303 g/mol. The quantitative estimate of drug-likeness (QED) is 0.871. The fraction of sp³-hybridized carbons (Fsp3) is 0.588. The van der Waals surface area contributed by atoms with Gasteiger partial charge < -0.3 is 15.4 Å². The molecule has 1 heterocycles. The minimum atomic E-state index is -0.161.